The molecule has 1 aromatic heterocycles. The van der Waals surface area contributed by atoms with Crippen LogP contribution in [0.25, 0.3) is 0 Å². The lowest BCUT2D eigenvalue weighted by Crippen LogP contribution is -2.22. The summed E-state index contributed by atoms with van der Waals surface area (Å²) in [7, 11) is 0. The number of benzene rings is 1. The van der Waals surface area contributed by atoms with Gasteiger partial charge in [0.2, 0.25) is 0 Å². The van der Waals surface area contributed by atoms with E-state index in [-0.39, 0.29) is 5.75 Å². The van der Waals surface area contributed by atoms with Crippen LogP contribution in [0, 0.1) is 0 Å². The molecule has 0 saturated carbocycles. The number of alkyl halides is 3. The standard InChI is InChI=1S/C16H18F3NO2/c1-2-20(10-14-7-8-21-11-14)9-13-3-5-15(6-4-13)22-12-16(17,18)19/h3-8,11H,2,9-10,12H2,1H3. The largest absolute Gasteiger partial charge is 0.484 e. The molecule has 0 unspecified atom stereocenters. The van der Waals surface area contributed by atoms with Crippen molar-refractivity contribution >= 4 is 0 Å². The Morgan fingerprint density at radius 2 is 1.73 bits per heavy atom. The van der Waals surface area contributed by atoms with Gasteiger partial charge < -0.3 is 9.15 Å². The minimum atomic E-state index is -4.32. The van der Waals surface area contributed by atoms with Gasteiger partial charge in [0, 0.05) is 18.7 Å². The van der Waals surface area contributed by atoms with Crippen LogP contribution < -0.4 is 4.74 Å². The second-order valence-corrected chi connectivity index (χ2v) is 4.98. The van der Waals surface area contributed by atoms with Crippen LogP contribution in [0.5, 0.6) is 5.75 Å². The lowest BCUT2D eigenvalue weighted by Gasteiger charge is -2.19. The molecule has 1 aromatic carbocycles. The van der Waals surface area contributed by atoms with Crippen molar-refractivity contribution in [1.82, 2.24) is 4.90 Å². The minimum absolute atomic E-state index is 0.221. The Morgan fingerprint density at radius 1 is 1.05 bits per heavy atom. The van der Waals surface area contributed by atoms with E-state index in [1.807, 2.05) is 6.07 Å². The van der Waals surface area contributed by atoms with Crippen molar-refractivity contribution < 1.29 is 22.3 Å². The fourth-order valence-electron chi connectivity index (χ4n) is 2.03. The van der Waals surface area contributed by atoms with Gasteiger partial charge in [0.15, 0.2) is 6.61 Å². The summed E-state index contributed by atoms with van der Waals surface area (Å²) < 4.78 is 46.0. The highest BCUT2D eigenvalue weighted by molar-refractivity contribution is 5.27. The van der Waals surface area contributed by atoms with Crippen LogP contribution in [0.4, 0.5) is 13.2 Å². The molecule has 120 valence electrons. The van der Waals surface area contributed by atoms with Gasteiger partial charge in [-0.05, 0) is 30.3 Å². The minimum Gasteiger partial charge on any atom is -0.484 e. The van der Waals surface area contributed by atoms with Gasteiger partial charge >= 0.3 is 6.18 Å². The third-order valence-corrected chi connectivity index (χ3v) is 3.17. The van der Waals surface area contributed by atoms with Gasteiger partial charge in [0.25, 0.3) is 0 Å². The second-order valence-electron chi connectivity index (χ2n) is 4.98. The lowest BCUT2D eigenvalue weighted by molar-refractivity contribution is -0.153. The highest BCUT2D eigenvalue weighted by Gasteiger charge is 2.28. The molecule has 0 bridgehead atoms. The molecule has 1 heterocycles. The number of hydrogen-bond acceptors (Lipinski definition) is 3. The molecule has 2 rings (SSSR count). The van der Waals surface area contributed by atoms with E-state index >= 15 is 0 Å². The topological polar surface area (TPSA) is 25.6 Å². The first-order valence-electron chi connectivity index (χ1n) is 6.98. The van der Waals surface area contributed by atoms with E-state index in [1.165, 1.54) is 0 Å². The lowest BCUT2D eigenvalue weighted by atomic mass is 10.2. The van der Waals surface area contributed by atoms with E-state index in [0.717, 1.165) is 24.2 Å². The molecule has 0 amide bonds. The van der Waals surface area contributed by atoms with Crippen molar-refractivity contribution in [3.05, 3.63) is 54.0 Å². The fraction of sp³-hybridized carbons (Fsp3) is 0.375. The summed E-state index contributed by atoms with van der Waals surface area (Å²) >= 11 is 0. The second kappa shape index (κ2) is 7.35. The van der Waals surface area contributed by atoms with Crippen LogP contribution >= 0.6 is 0 Å². The summed E-state index contributed by atoms with van der Waals surface area (Å²) in [6, 6.07) is 8.60. The molecule has 0 N–H and O–H groups in total. The normalized spacial score (nSPS) is 11.9. The third-order valence-electron chi connectivity index (χ3n) is 3.17. The van der Waals surface area contributed by atoms with Gasteiger partial charge in [-0.2, -0.15) is 13.2 Å². The number of nitrogens with zero attached hydrogens (tertiary/aromatic N) is 1. The predicted molar refractivity (Wildman–Crippen MR) is 76.5 cm³/mol. The van der Waals surface area contributed by atoms with Crippen molar-refractivity contribution in [2.45, 2.75) is 26.2 Å². The molecule has 3 nitrogen and oxygen atoms in total. The molecule has 0 fully saturated rings. The first kappa shape index (κ1) is 16.4. The molecule has 2 aromatic rings. The average molecular weight is 313 g/mol. The summed E-state index contributed by atoms with van der Waals surface area (Å²) in [6.45, 7) is 3.12. The van der Waals surface area contributed by atoms with Crippen LogP contribution in [0.2, 0.25) is 0 Å². The summed E-state index contributed by atoms with van der Waals surface area (Å²) in [5.74, 6) is 0.221. The Labute approximate surface area is 127 Å². The van der Waals surface area contributed by atoms with E-state index in [4.69, 9.17) is 9.15 Å². The molecule has 0 saturated heterocycles. The van der Waals surface area contributed by atoms with Crippen LogP contribution in [0.15, 0.2) is 47.3 Å². The zero-order valence-corrected chi connectivity index (χ0v) is 12.3. The zero-order chi connectivity index (χ0) is 16.0. The predicted octanol–water partition coefficient (Wildman–Crippen LogP) is 4.24. The molecular formula is C16H18F3NO2. The maximum Gasteiger partial charge on any atom is 0.422 e. The van der Waals surface area contributed by atoms with Gasteiger partial charge in [0.05, 0.1) is 12.5 Å². The quantitative estimate of drug-likeness (QED) is 0.764. The summed E-state index contributed by atoms with van der Waals surface area (Å²) in [4.78, 5) is 2.20. The van der Waals surface area contributed by atoms with Crippen LogP contribution in [0.3, 0.4) is 0 Å². The van der Waals surface area contributed by atoms with E-state index in [0.29, 0.717) is 6.54 Å². The van der Waals surface area contributed by atoms with Gasteiger partial charge in [-0.1, -0.05) is 19.1 Å². The van der Waals surface area contributed by atoms with Crippen molar-refractivity contribution in [3.8, 4) is 5.75 Å². The molecule has 6 heteroatoms. The maximum absolute atomic E-state index is 12.1. The Balaban J connectivity index is 1.89. The van der Waals surface area contributed by atoms with Crippen molar-refractivity contribution in [2.75, 3.05) is 13.2 Å². The number of rotatable bonds is 7. The Morgan fingerprint density at radius 3 is 2.27 bits per heavy atom. The number of halogens is 3. The Bertz CT molecular complexity index is 550. The van der Waals surface area contributed by atoms with E-state index in [9.17, 15) is 13.2 Å². The number of furan rings is 1. The van der Waals surface area contributed by atoms with Crippen molar-refractivity contribution in [3.63, 3.8) is 0 Å². The van der Waals surface area contributed by atoms with Gasteiger partial charge in [-0.15, -0.1) is 0 Å². The van der Waals surface area contributed by atoms with Crippen LogP contribution in [0.1, 0.15) is 18.1 Å². The molecule has 0 aliphatic carbocycles. The summed E-state index contributed by atoms with van der Waals surface area (Å²) in [6.07, 6.45) is -0.977. The zero-order valence-electron chi connectivity index (χ0n) is 12.3. The van der Waals surface area contributed by atoms with Gasteiger partial charge in [0.1, 0.15) is 5.75 Å². The third kappa shape index (κ3) is 5.44. The maximum atomic E-state index is 12.1. The monoisotopic (exact) mass is 313 g/mol. The molecule has 22 heavy (non-hydrogen) atoms. The van der Waals surface area contributed by atoms with Gasteiger partial charge in [-0.25, -0.2) is 0 Å². The number of hydrogen-bond donors (Lipinski definition) is 0. The molecular weight excluding hydrogens is 295 g/mol. The molecule has 0 aliphatic rings. The molecule has 0 spiro atoms. The summed E-state index contributed by atoms with van der Waals surface area (Å²) in [5, 5.41) is 0. The van der Waals surface area contributed by atoms with Crippen LogP contribution in [-0.4, -0.2) is 24.2 Å². The smallest absolute Gasteiger partial charge is 0.422 e. The average Bonchev–Trinajstić information content (AvgIpc) is 2.98. The van der Waals surface area contributed by atoms with E-state index in [1.54, 1.807) is 36.8 Å². The fourth-order valence-corrected chi connectivity index (χ4v) is 2.03. The molecule has 0 aliphatic heterocycles. The Hall–Kier alpha value is -1.95. The van der Waals surface area contributed by atoms with E-state index < -0.39 is 12.8 Å². The SMILES string of the molecule is CCN(Cc1ccc(OCC(F)(F)F)cc1)Cc1ccoc1. The highest BCUT2D eigenvalue weighted by atomic mass is 19.4. The first-order valence-corrected chi connectivity index (χ1v) is 6.98. The molecule has 0 radical (unpaired) electrons. The first-order chi connectivity index (χ1) is 10.5. The van der Waals surface area contributed by atoms with Crippen molar-refractivity contribution in [2.24, 2.45) is 0 Å². The highest BCUT2D eigenvalue weighted by Crippen LogP contribution is 2.19. The Kier molecular flexibility index (Phi) is 5.49. The summed E-state index contributed by atoms with van der Waals surface area (Å²) in [5.41, 5.74) is 2.11. The van der Waals surface area contributed by atoms with Gasteiger partial charge in [-0.3, -0.25) is 4.90 Å². The molecule has 0 atom stereocenters. The van der Waals surface area contributed by atoms with Crippen molar-refractivity contribution in [1.29, 1.82) is 0 Å². The van der Waals surface area contributed by atoms with Crippen LogP contribution in [-0.2, 0) is 13.1 Å². The van der Waals surface area contributed by atoms with E-state index in [2.05, 4.69) is 11.8 Å². The number of ether oxygens (including phenoxy) is 1.